The molecule has 0 unspecified atom stereocenters. The third-order valence-corrected chi connectivity index (χ3v) is 5.49. The van der Waals surface area contributed by atoms with Crippen LogP contribution in [0.2, 0.25) is 0 Å². The Kier molecular flexibility index (Phi) is 8.39. The number of aliphatic imine (C=N–C) groups is 2. The van der Waals surface area contributed by atoms with Crippen LogP contribution in [0.1, 0.15) is 61.1 Å². The van der Waals surface area contributed by atoms with Crippen molar-refractivity contribution >= 4 is 17.6 Å². The van der Waals surface area contributed by atoms with Gasteiger partial charge in [-0.3, -0.25) is 4.99 Å². The van der Waals surface area contributed by atoms with Crippen LogP contribution >= 0.6 is 0 Å². The van der Waals surface area contributed by atoms with E-state index in [1.807, 2.05) is 45.0 Å². The Morgan fingerprint density at radius 3 is 2.79 bits per heavy atom. The number of benzene rings is 2. The maximum absolute atomic E-state index is 12.0. The molecule has 8 nitrogen and oxygen atoms in total. The number of hydrogen-bond donors (Lipinski definition) is 2. The third kappa shape index (κ3) is 5.80. The molecule has 2 aromatic carbocycles. The maximum atomic E-state index is 12.0. The number of carbonyl (C=O) groups is 1. The topological polar surface area (TPSA) is 116 Å². The monoisotopic (exact) mass is 462 g/mol. The second-order valence-electron chi connectivity index (χ2n) is 8.20. The molecule has 0 aromatic heterocycles. The van der Waals surface area contributed by atoms with Gasteiger partial charge in [0, 0.05) is 18.3 Å². The van der Waals surface area contributed by atoms with Gasteiger partial charge in [0.2, 0.25) is 0 Å². The van der Waals surface area contributed by atoms with E-state index in [1.165, 1.54) is 0 Å². The van der Waals surface area contributed by atoms with E-state index < -0.39 is 6.09 Å². The van der Waals surface area contributed by atoms with Gasteiger partial charge in [-0.1, -0.05) is 18.2 Å². The van der Waals surface area contributed by atoms with Crippen LogP contribution in [0.4, 0.5) is 4.79 Å². The first-order valence-electron chi connectivity index (χ1n) is 11.3. The smallest absolute Gasteiger partial charge is 0.407 e. The number of ether oxygens (including phenoxy) is 2. The quantitative estimate of drug-likeness (QED) is 0.478. The highest BCUT2D eigenvalue weighted by atomic mass is 16.6. The Morgan fingerprint density at radius 1 is 1.32 bits per heavy atom. The first kappa shape index (κ1) is 24.9. The van der Waals surface area contributed by atoms with E-state index in [9.17, 15) is 10.1 Å². The lowest BCUT2D eigenvalue weighted by molar-refractivity contribution is 0.116. The van der Waals surface area contributed by atoms with Gasteiger partial charge in [-0.15, -0.1) is 0 Å². The van der Waals surface area contributed by atoms with Crippen LogP contribution < -0.4 is 10.1 Å². The summed E-state index contributed by atoms with van der Waals surface area (Å²) in [6.45, 7) is 5.47. The summed E-state index contributed by atoms with van der Waals surface area (Å²) in [6, 6.07) is 13.4. The highest BCUT2D eigenvalue weighted by Gasteiger charge is 2.27. The molecule has 1 aliphatic carbocycles. The zero-order valence-electron chi connectivity index (χ0n) is 20.0. The summed E-state index contributed by atoms with van der Waals surface area (Å²) in [5, 5.41) is 21.2. The molecule has 0 aliphatic heterocycles. The number of aliphatic hydroxyl groups excluding tert-OH is 1. The summed E-state index contributed by atoms with van der Waals surface area (Å²) in [4.78, 5) is 21.2. The molecule has 1 amide bonds. The van der Waals surface area contributed by atoms with Gasteiger partial charge in [0.15, 0.2) is 5.84 Å². The Hall–Kier alpha value is -3.70. The van der Waals surface area contributed by atoms with Gasteiger partial charge in [0.25, 0.3) is 0 Å². The molecule has 0 saturated carbocycles. The maximum Gasteiger partial charge on any atom is 0.407 e. The van der Waals surface area contributed by atoms with E-state index >= 15 is 0 Å². The van der Waals surface area contributed by atoms with E-state index in [0.717, 1.165) is 40.8 Å². The first-order chi connectivity index (χ1) is 16.4. The number of aliphatic hydroxyl groups is 1. The van der Waals surface area contributed by atoms with E-state index in [0.29, 0.717) is 17.1 Å². The van der Waals surface area contributed by atoms with E-state index in [2.05, 4.69) is 16.4 Å². The molecule has 0 bridgehead atoms. The number of fused-ring (bicyclic) bond motifs is 1. The fourth-order valence-electron chi connectivity index (χ4n) is 3.99. The van der Waals surface area contributed by atoms with Crippen LogP contribution in [0.15, 0.2) is 46.4 Å². The van der Waals surface area contributed by atoms with Crippen LogP contribution in [-0.4, -0.2) is 49.1 Å². The average Bonchev–Trinajstić information content (AvgIpc) is 3.23. The molecule has 34 heavy (non-hydrogen) atoms. The van der Waals surface area contributed by atoms with Crippen LogP contribution in [-0.2, 0) is 11.2 Å². The van der Waals surface area contributed by atoms with Crippen molar-refractivity contribution in [3.05, 3.63) is 64.2 Å². The zero-order chi connectivity index (χ0) is 24.7. The molecule has 0 fully saturated rings. The van der Waals surface area contributed by atoms with Crippen LogP contribution in [0, 0.1) is 11.3 Å². The molecular weight excluding hydrogens is 432 g/mol. The molecule has 0 heterocycles. The minimum atomic E-state index is -0.547. The fourth-order valence-corrected chi connectivity index (χ4v) is 3.99. The van der Waals surface area contributed by atoms with Gasteiger partial charge in [0.1, 0.15) is 18.4 Å². The summed E-state index contributed by atoms with van der Waals surface area (Å²) < 4.78 is 10.7. The third-order valence-electron chi connectivity index (χ3n) is 5.49. The lowest BCUT2D eigenvalue weighted by Crippen LogP contribution is -2.28. The molecule has 0 radical (unpaired) electrons. The normalized spacial score (nSPS) is 15.6. The predicted octanol–water partition coefficient (Wildman–Crippen LogP) is 3.94. The molecule has 178 valence electrons. The summed E-state index contributed by atoms with van der Waals surface area (Å²) in [6.07, 6.45) is 0.933. The lowest BCUT2D eigenvalue weighted by Gasteiger charge is -2.15. The van der Waals surface area contributed by atoms with Gasteiger partial charge in [0.05, 0.1) is 24.3 Å². The van der Waals surface area contributed by atoms with Crippen molar-refractivity contribution in [1.29, 1.82) is 5.26 Å². The first-order valence-corrected chi connectivity index (χ1v) is 11.3. The number of nitrogens with one attached hydrogen (secondary N) is 1. The number of rotatable bonds is 7. The molecule has 1 aliphatic rings. The summed E-state index contributed by atoms with van der Waals surface area (Å²) >= 11 is 0. The molecule has 2 aromatic rings. The second-order valence-corrected chi connectivity index (χ2v) is 8.20. The van der Waals surface area contributed by atoms with Crippen LogP contribution in [0.5, 0.6) is 5.75 Å². The molecule has 0 spiro atoms. The van der Waals surface area contributed by atoms with E-state index in [1.54, 1.807) is 19.2 Å². The highest BCUT2D eigenvalue weighted by Crippen LogP contribution is 2.34. The zero-order valence-corrected chi connectivity index (χ0v) is 20.0. The minimum absolute atomic E-state index is 0.0263. The van der Waals surface area contributed by atoms with Gasteiger partial charge in [-0.25, -0.2) is 9.79 Å². The SMILES string of the molecule is CN=C(N=C(C)c1ccc(OC(C)C)c(C#N)c1)c1cccc2c1CC[C@@H]2NC(=O)OCCO. The number of hydrogen-bond acceptors (Lipinski definition) is 6. The lowest BCUT2D eigenvalue weighted by atomic mass is 10.0. The Bertz CT molecular complexity index is 1150. The summed E-state index contributed by atoms with van der Waals surface area (Å²) in [5.74, 6) is 1.13. The fraction of sp³-hybridized carbons (Fsp3) is 0.385. The van der Waals surface area contributed by atoms with E-state index in [-0.39, 0.29) is 25.4 Å². The number of nitriles is 1. The van der Waals surface area contributed by atoms with Gasteiger partial charge >= 0.3 is 6.09 Å². The van der Waals surface area contributed by atoms with Crippen molar-refractivity contribution in [2.45, 2.75) is 45.8 Å². The minimum Gasteiger partial charge on any atom is -0.490 e. The number of amides is 1. The van der Waals surface area contributed by atoms with Gasteiger partial charge < -0.3 is 19.9 Å². The van der Waals surface area contributed by atoms with Crippen molar-refractivity contribution in [3.63, 3.8) is 0 Å². The second kappa shape index (κ2) is 11.4. The largest absolute Gasteiger partial charge is 0.490 e. The van der Waals surface area contributed by atoms with E-state index in [4.69, 9.17) is 19.6 Å². The van der Waals surface area contributed by atoms with Crippen LogP contribution in [0.3, 0.4) is 0 Å². The summed E-state index contributed by atoms with van der Waals surface area (Å²) in [5.41, 5.74) is 5.00. The Labute approximate surface area is 200 Å². The molecule has 1 atom stereocenters. The molecular formula is C26H30N4O4. The standard InChI is InChI=1S/C26H30N4O4/c1-16(2)34-24-11-8-18(14-19(24)15-27)17(3)29-25(28-4)22-7-5-6-21-20(22)9-10-23(21)30-26(32)33-13-12-31/h5-8,11,14,16,23,31H,9-10,12-13H2,1-4H3,(H,30,32)/t23-/m0/s1. The van der Waals surface area contributed by atoms with Crippen molar-refractivity contribution < 1.29 is 19.4 Å². The van der Waals surface area contributed by atoms with Crippen molar-refractivity contribution in [3.8, 4) is 11.8 Å². The summed E-state index contributed by atoms with van der Waals surface area (Å²) in [7, 11) is 1.70. The van der Waals surface area contributed by atoms with Gasteiger partial charge in [-0.2, -0.15) is 5.26 Å². The van der Waals surface area contributed by atoms with Gasteiger partial charge in [-0.05, 0) is 68.5 Å². The molecule has 8 heteroatoms. The number of alkyl carbamates (subject to hydrolysis) is 1. The molecule has 3 rings (SSSR count). The molecule has 2 N–H and O–H groups in total. The van der Waals surface area contributed by atoms with Crippen molar-refractivity contribution in [1.82, 2.24) is 5.32 Å². The van der Waals surface area contributed by atoms with Crippen molar-refractivity contribution in [2.75, 3.05) is 20.3 Å². The Morgan fingerprint density at radius 2 is 2.12 bits per heavy atom. The Balaban J connectivity index is 1.87. The van der Waals surface area contributed by atoms with Crippen molar-refractivity contribution in [2.24, 2.45) is 9.98 Å². The predicted molar refractivity (Wildman–Crippen MR) is 131 cm³/mol. The highest BCUT2D eigenvalue weighted by molar-refractivity contribution is 6.12. The van der Waals surface area contributed by atoms with Crippen LogP contribution in [0.25, 0.3) is 0 Å². The molecule has 0 saturated heterocycles. The number of carbonyl (C=O) groups excluding carboxylic acids is 1. The number of nitrogens with zero attached hydrogens (tertiary/aromatic N) is 3. The number of amidine groups is 1. The average molecular weight is 463 g/mol.